The fraction of sp³-hybridized carbons (Fsp3) is 0.600. The van der Waals surface area contributed by atoms with E-state index in [1.165, 1.54) is 24.4 Å². The zero-order valence-corrected chi connectivity index (χ0v) is 15.8. The molecule has 5 nitrogen and oxygen atoms in total. The maximum absolute atomic E-state index is 11.5. The van der Waals surface area contributed by atoms with Crippen molar-refractivity contribution in [2.24, 2.45) is 5.10 Å². The number of unbranched alkanes of at least 4 members (excludes halogenated alkanes) is 1. The predicted molar refractivity (Wildman–Crippen MR) is 102 cm³/mol. The molecule has 1 amide bonds. The largest absolute Gasteiger partial charge is 0.494 e. The van der Waals surface area contributed by atoms with Crippen LogP contribution in [0.15, 0.2) is 29.4 Å². The number of hydrazone groups is 1. The molecule has 0 bridgehead atoms. The number of ether oxygens (including phenoxy) is 1. The second kappa shape index (κ2) is 10.2. The third kappa shape index (κ3) is 6.16. The lowest BCUT2D eigenvalue weighted by atomic mass is 10.0. The van der Waals surface area contributed by atoms with E-state index in [-0.39, 0.29) is 5.91 Å². The molecule has 1 aliphatic heterocycles. The number of hydrogen-bond donors (Lipinski definition) is 0. The van der Waals surface area contributed by atoms with Crippen LogP contribution in [0.1, 0.15) is 51.5 Å². The predicted octanol–water partition coefficient (Wildman–Crippen LogP) is 3.53. The van der Waals surface area contributed by atoms with Crippen LogP contribution in [0.25, 0.3) is 0 Å². The Labute approximate surface area is 151 Å². The third-order valence-corrected chi connectivity index (χ3v) is 4.56. The van der Waals surface area contributed by atoms with Gasteiger partial charge in [-0.2, -0.15) is 5.10 Å². The van der Waals surface area contributed by atoms with E-state index in [0.717, 1.165) is 43.1 Å². The minimum absolute atomic E-state index is 0.0729. The fourth-order valence-electron chi connectivity index (χ4n) is 2.91. The lowest BCUT2D eigenvalue weighted by molar-refractivity contribution is -0.130. The molecule has 0 fully saturated rings. The summed E-state index contributed by atoms with van der Waals surface area (Å²) in [6.07, 6.45) is 4.78. The molecule has 0 saturated carbocycles. The quantitative estimate of drug-likeness (QED) is 0.609. The van der Waals surface area contributed by atoms with E-state index < -0.39 is 0 Å². The van der Waals surface area contributed by atoms with Crippen molar-refractivity contribution in [3.05, 3.63) is 29.8 Å². The number of rotatable bonds is 10. The minimum Gasteiger partial charge on any atom is -0.494 e. The Hall–Kier alpha value is -1.88. The number of hydrogen-bond acceptors (Lipinski definition) is 4. The lowest BCUT2D eigenvalue weighted by Gasteiger charge is -2.20. The second-order valence-corrected chi connectivity index (χ2v) is 6.48. The summed E-state index contributed by atoms with van der Waals surface area (Å²) in [7, 11) is 1.71. The molecular weight excluding hydrogens is 314 g/mol. The van der Waals surface area contributed by atoms with E-state index in [1.54, 1.807) is 7.05 Å². The van der Waals surface area contributed by atoms with Gasteiger partial charge in [0.25, 0.3) is 0 Å². The van der Waals surface area contributed by atoms with Gasteiger partial charge in [0.1, 0.15) is 5.75 Å². The summed E-state index contributed by atoms with van der Waals surface area (Å²) in [5.74, 6) is 0.963. The van der Waals surface area contributed by atoms with Crippen molar-refractivity contribution < 1.29 is 9.53 Å². The highest BCUT2D eigenvalue weighted by Crippen LogP contribution is 2.18. The van der Waals surface area contributed by atoms with Crippen molar-refractivity contribution in [2.45, 2.75) is 46.0 Å². The van der Waals surface area contributed by atoms with Crippen LogP contribution in [-0.2, 0) is 4.79 Å². The molecule has 0 radical (unpaired) electrons. The van der Waals surface area contributed by atoms with Crippen LogP contribution in [0.3, 0.4) is 0 Å². The molecule has 0 unspecified atom stereocenters. The Bertz CT molecular complexity index is 569. The zero-order valence-electron chi connectivity index (χ0n) is 15.8. The van der Waals surface area contributed by atoms with Gasteiger partial charge < -0.3 is 9.64 Å². The second-order valence-electron chi connectivity index (χ2n) is 6.48. The highest BCUT2D eigenvalue weighted by molar-refractivity contribution is 6.04. The van der Waals surface area contributed by atoms with Crippen molar-refractivity contribution in [1.29, 1.82) is 0 Å². The van der Waals surface area contributed by atoms with Crippen LogP contribution in [0.2, 0.25) is 0 Å². The Kier molecular flexibility index (Phi) is 7.92. The molecule has 2 rings (SSSR count). The molecule has 1 aromatic carbocycles. The van der Waals surface area contributed by atoms with Gasteiger partial charge in [-0.3, -0.25) is 4.79 Å². The zero-order chi connectivity index (χ0) is 18.1. The SMILES string of the molecule is CCCCN(CC)CCCOc1ccc(C2=NN(C)C(=O)CC2)cc1. The van der Waals surface area contributed by atoms with Gasteiger partial charge in [-0.1, -0.05) is 20.3 Å². The fourth-order valence-corrected chi connectivity index (χ4v) is 2.91. The van der Waals surface area contributed by atoms with Crippen molar-refractivity contribution in [2.75, 3.05) is 33.3 Å². The summed E-state index contributed by atoms with van der Waals surface area (Å²) in [4.78, 5) is 14.0. The molecule has 0 aromatic heterocycles. The molecule has 1 heterocycles. The van der Waals surface area contributed by atoms with Gasteiger partial charge in [0.05, 0.1) is 12.3 Å². The van der Waals surface area contributed by atoms with Crippen LogP contribution in [0.5, 0.6) is 5.75 Å². The summed E-state index contributed by atoms with van der Waals surface area (Å²) in [6, 6.07) is 8.03. The summed E-state index contributed by atoms with van der Waals surface area (Å²) in [5, 5.41) is 5.78. The van der Waals surface area contributed by atoms with Crippen LogP contribution in [-0.4, -0.2) is 54.8 Å². The molecular formula is C20H31N3O2. The number of benzene rings is 1. The van der Waals surface area contributed by atoms with Crippen LogP contribution >= 0.6 is 0 Å². The maximum atomic E-state index is 11.5. The maximum Gasteiger partial charge on any atom is 0.242 e. The molecule has 0 saturated heterocycles. The third-order valence-electron chi connectivity index (χ3n) is 4.56. The van der Waals surface area contributed by atoms with Gasteiger partial charge >= 0.3 is 0 Å². The molecule has 0 aliphatic carbocycles. The highest BCUT2D eigenvalue weighted by Gasteiger charge is 2.17. The first-order valence-corrected chi connectivity index (χ1v) is 9.43. The molecule has 0 atom stereocenters. The van der Waals surface area contributed by atoms with Gasteiger partial charge in [0.15, 0.2) is 0 Å². The first-order chi connectivity index (χ1) is 12.1. The molecule has 25 heavy (non-hydrogen) atoms. The number of carbonyl (C=O) groups is 1. The summed E-state index contributed by atoms with van der Waals surface area (Å²) in [5.41, 5.74) is 2.02. The van der Waals surface area contributed by atoms with Gasteiger partial charge in [0, 0.05) is 26.4 Å². The number of nitrogens with zero attached hydrogens (tertiary/aromatic N) is 3. The summed E-state index contributed by atoms with van der Waals surface area (Å²) in [6.45, 7) is 8.56. The Morgan fingerprint density at radius 3 is 2.48 bits per heavy atom. The highest BCUT2D eigenvalue weighted by atomic mass is 16.5. The topological polar surface area (TPSA) is 45.1 Å². The Morgan fingerprint density at radius 2 is 1.84 bits per heavy atom. The first kappa shape index (κ1) is 19.4. The Morgan fingerprint density at radius 1 is 1.12 bits per heavy atom. The van der Waals surface area contributed by atoms with Crippen molar-refractivity contribution >= 4 is 11.6 Å². The van der Waals surface area contributed by atoms with E-state index in [0.29, 0.717) is 12.8 Å². The molecule has 0 spiro atoms. The summed E-state index contributed by atoms with van der Waals surface area (Å²) >= 11 is 0. The monoisotopic (exact) mass is 345 g/mol. The molecule has 138 valence electrons. The van der Waals surface area contributed by atoms with Gasteiger partial charge in [-0.25, -0.2) is 5.01 Å². The van der Waals surface area contributed by atoms with Crippen LogP contribution < -0.4 is 4.74 Å². The van der Waals surface area contributed by atoms with Crippen molar-refractivity contribution in [3.8, 4) is 5.75 Å². The van der Waals surface area contributed by atoms with Crippen LogP contribution in [0, 0.1) is 0 Å². The van der Waals surface area contributed by atoms with E-state index >= 15 is 0 Å². The molecule has 1 aromatic rings. The normalized spacial score (nSPS) is 14.8. The first-order valence-electron chi connectivity index (χ1n) is 9.43. The number of amides is 1. The van der Waals surface area contributed by atoms with Gasteiger partial charge in [-0.15, -0.1) is 0 Å². The van der Waals surface area contributed by atoms with Crippen LogP contribution in [0.4, 0.5) is 0 Å². The minimum atomic E-state index is 0.0729. The van der Waals surface area contributed by atoms with E-state index in [2.05, 4.69) is 23.8 Å². The molecule has 1 aliphatic rings. The van der Waals surface area contributed by atoms with Crippen molar-refractivity contribution in [3.63, 3.8) is 0 Å². The van der Waals surface area contributed by atoms with Gasteiger partial charge in [-0.05, 0) is 55.8 Å². The van der Waals surface area contributed by atoms with Crippen molar-refractivity contribution in [1.82, 2.24) is 9.91 Å². The number of carbonyl (C=O) groups excluding carboxylic acids is 1. The summed E-state index contributed by atoms with van der Waals surface area (Å²) < 4.78 is 5.85. The van der Waals surface area contributed by atoms with E-state index in [1.807, 2.05) is 24.3 Å². The average Bonchev–Trinajstić information content (AvgIpc) is 2.64. The molecule has 0 N–H and O–H groups in total. The smallest absolute Gasteiger partial charge is 0.242 e. The average molecular weight is 345 g/mol. The molecule has 5 heteroatoms. The van der Waals surface area contributed by atoms with E-state index in [9.17, 15) is 4.79 Å². The lowest BCUT2D eigenvalue weighted by Crippen LogP contribution is -2.28. The van der Waals surface area contributed by atoms with Gasteiger partial charge in [0.2, 0.25) is 5.91 Å². The standard InChI is InChI=1S/C20H31N3O2/c1-4-6-14-23(5-2)15-7-16-25-18-10-8-17(9-11-18)19-12-13-20(24)22(3)21-19/h8-11H,4-7,12-16H2,1-3H3. The Balaban J connectivity index is 1.77. The van der Waals surface area contributed by atoms with E-state index in [4.69, 9.17) is 4.74 Å².